The topological polar surface area (TPSA) is 47.6 Å². The van der Waals surface area contributed by atoms with Crippen molar-refractivity contribution in [1.82, 2.24) is 0 Å². The molecular weight excluding hydrogens is 308 g/mol. The average molecular weight is 320 g/mol. The van der Waals surface area contributed by atoms with Crippen molar-refractivity contribution in [1.29, 1.82) is 0 Å². The molecule has 1 aromatic rings. The molecule has 0 spiro atoms. The lowest BCUT2D eigenvalue weighted by Crippen LogP contribution is -2.46. The molecular formula is C13H12F4N2OS. The van der Waals surface area contributed by atoms with Crippen LogP contribution in [0.3, 0.4) is 0 Å². The second kappa shape index (κ2) is 4.88. The van der Waals surface area contributed by atoms with Crippen molar-refractivity contribution in [2.75, 3.05) is 12.4 Å². The molecule has 2 aliphatic rings. The summed E-state index contributed by atoms with van der Waals surface area (Å²) in [6, 6.07) is 5.69. The fourth-order valence-corrected chi connectivity index (χ4v) is 3.94. The van der Waals surface area contributed by atoms with E-state index in [2.05, 4.69) is 4.99 Å². The van der Waals surface area contributed by atoms with Crippen LogP contribution in [0.1, 0.15) is 5.56 Å². The van der Waals surface area contributed by atoms with Gasteiger partial charge in [-0.15, -0.1) is 0 Å². The number of alkyl halides is 3. The molecule has 2 aliphatic heterocycles. The maximum atomic E-state index is 14.1. The van der Waals surface area contributed by atoms with E-state index in [0.717, 1.165) is 11.8 Å². The van der Waals surface area contributed by atoms with Crippen LogP contribution < -0.4 is 5.73 Å². The van der Waals surface area contributed by atoms with Crippen LogP contribution in [0.5, 0.6) is 0 Å². The Bertz CT molecular complexity index is 592. The molecule has 0 radical (unpaired) electrons. The Hall–Kier alpha value is -1.28. The third-order valence-electron chi connectivity index (χ3n) is 3.85. The molecule has 2 N–H and O–H groups in total. The Morgan fingerprint density at radius 1 is 1.33 bits per heavy atom. The monoisotopic (exact) mass is 320 g/mol. The van der Waals surface area contributed by atoms with Crippen molar-refractivity contribution < 1.29 is 22.3 Å². The highest BCUT2D eigenvalue weighted by atomic mass is 32.2. The summed E-state index contributed by atoms with van der Waals surface area (Å²) in [4.78, 5) is 4.16. The summed E-state index contributed by atoms with van der Waals surface area (Å²) in [5.41, 5.74) is 4.37. The molecule has 2 heterocycles. The minimum atomic E-state index is -4.51. The van der Waals surface area contributed by atoms with Gasteiger partial charge in [0.15, 0.2) is 11.3 Å². The van der Waals surface area contributed by atoms with E-state index in [-0.39, 0.29) is 23.1 Å². The van der Waals surface area contributed by atoms with Crippen molar-refractivity contribution in [3.05, 3.63) is 35.6 Å². The smallest absolute Gasteiger partial charge is 0.379 e. The standard InChI is InChI=1S/C13H12F4N2OS/c14-9-4-2-1-3-7(9)12-6-20-10(13(15,16)17)8(12)5-21-11(18)19-12/h1-4,8,10H,5-6H2,(H2,18,19). The van der Waals surface area contributed by atoms with Gasteiger partial charge < -0.3 is 10.5 Å². The van der Waals surface area contributed by atoms with Gasteiger partial charge in [0.1, 0.15) is 11.4 Å². The number of halogens is 4. The number of hydrogen-bond acceptors (Lipinski definition) is 4. The van der Waals surface area contributed by atoms with Crippen LogP contribution in [0.4, 0.5) is 17.6 Å². The number of fused-ring (bicyclic) bond motifs is 1. The maximum absolute atomic E-state index is 14.1. The lowest BCUT2D eigenvalue weighted by Gasteiger charge is -2.36. The zero-order chi connectivity index (χ0) is 15.3. The molecule has 114 valence electrons. The van der Waals surface area contributed by atoms with Crippen LogP contribution in [-0.4, -0.2) is 29.8 Å². The van der Waals surface area contributed by atoms with E-state index >= 15 is 0 Å². The van der Waals surface area contributed by atoms with Crippen molar-refractivity contribution in [3.8, 4) is 0 Å². The van der Waals surface area contributed by atoms with E-state index in [0.29, 0.717) is 0 Å². The minimum absolute atomic E-state index is 0.0911. The fourth-order valence-electron chi connectivity index (χ4n) is 2.91. The number of nitrogens with two attached hydrogens (primary N) is 1. The van der Waals surface area contributed by atoms with Crippen molar-refractivity contribution >= 4 is 16.9 Å². The van der Waals surface area contributed by atoms with Crippen LogP contribution in [0.15, 0.2) is 29.3 Å². The predicted molar refractivity (Wildman–Crippen MR) is 71.4 cm³/mol. The highest BCUT2D eigenvalue weighted by Gasteiger charge is 2.61. The van der Waals surface area contributed by atoms with Crippen LogP contribution in [0, 0.1) is 11.7 Å². The Morgan fingerprint density at radius 3 is 2.71 bits per heavy atom. The quantitative estimate of drug-likeness (QED) is 0.809. The number of nitrogens with zero attached hydrogens (tertiary/aromatic N) is 1. The maximum Gasteiger partial charge on any atom is 0.415 e. The molecule has 0 bridgehead atoms. The molecule has 0 saturated carbocycles. The summed E-state index contributed by atoms with van der Waals surface area (Å²) >= 11 is 1.04. The zero-order valence-electron chi connectivity index (χ0n) is 10.7. The van der Waals surface area contributed by atoms with Gasteiger partial charge in [0.25, 0.3) is 0 Å². The molecule has 3 rings (SSSR count). The van der Waals surface area contributed by atoms with Crippen LogP contribution >= 0.6 is 11.8 Å². The third-order valence-corrected chi connectivity index (χ3v) is 4.76. The average Bonchev–Trinajstić information content (AvgIpc) is 2.78. The fraction of sp³-hybridized carbons (Fsp3) is 0.462. The molecule has 1 saturated heterocycles. The first-order chi connectivity index (χ1) is 9.84. The third kappa shape index (κ3) is 2.30. The summed E-state index contributed by atoms with van der Waals surface area (Å²) in [6.07, 6.45) is -6.47. The van der Waals surface area contributed by atoms with Gasteiger partial charge >= 0.3 is 6.18 Å². The molecule has 1 fully saturated rings. The second-order valence-corrected chi connectivity index (χ2v) is 6.09. The first-order valence-corrected chi connectivity index (χ1v) is 7.24. The molecule has 3 atom stereocenters. The van der Waals surface area contributed by atoms with Gasteiger partial charge in [-0.3, -0.25) is 0 Å². The van der Waals surface area contributed by atoms with E-state index in [1.54, 1.807) is 6.07 Å². The van der Waals surface area contributed by atoms with Gasteiger partial charge in [-0.1, -0.05) is 30.0 Å². The lowest BCUT2D eigenvalue weighted by molar-refractivity contribution is -0.215. The number of thioether (sulfide) groups is 1. The molecule has 21 heavy (non-hydrogen) atoms. The van der Waals surface area contributed by atoms with Gasteiger partial charge in [0, 0.05) is 17.2 Å². The number of hydrogen-bond donors (Lipinski definition) is 1. The number of ether oxygens (including phenoxy) is 1. The van der Waals surface area contributed by atoms with E-state index in [1.165, 1.54) is 18.2 Å². The lowest BCUT2D eigenvalue weighted by atomic mass is 9.78. The zero-order valence-corrected chi connectivity index (χ0v) is 11.5. The Morgan fingerprint density at radius 2 is 2.05 bits per heavy atom. The van der Waals surface area contributed by atoms with Crippen LogP contribution in [0.2, 0.25) is 0 Å². The largest absolute Gasteiger partial charge is 0.415 e. The van der Waals surface area contributed by atoms with Crippen molar-refractivity contribution in [2.45, 2.75) is 17.8 Å². The summed E-state index contributed by atoms with van der Waals surface area (Å²) in [6.45, 7) is -0.329. The van der Waals surface area contributed by atoms with Crippen molar-refractivity contribution in [2.24, 2.45) is 16.6 Å². The van der Waals surface area contributed by atoms with Crippen LogP contribution in [-0.2, 0) is 10.3 Å². The highest BCUT2D eigenvalue weighted by molar-refractivity contribution is 8.13. The summed E-state index contributed by atoms with van der Waals surface area (Å²) in [7, 11) is 0. The minimum Gasteiger partial charge on any atom is -0.379 e. The van der Waals surface area contributed by atoms with Gasteiger partial charge in [-0.2, -0.15) is 13.2 Å². The van der Waals surface area contributed by atoms with E-state index in [1.807, 2.05) is 0 Å². The first-order valence-electron chi connectivity index (χ1n) is 6.26. The second-order valence-electron chi connectivity index (χ2n) is 5.04. The number of benzene rings is 1. The number of aliphatic imine (C=N–C) groups is 1. The SMILES string of the molecule is NC1=NC2(c3ccccc3F)COC(C(F)(F)F)C2CS1. The van der Waals surface area contributed by atoms with E-state index in [9.17, 15) is 17.6 Å². The highest BCUT2D eigenvalue weighted by Crippen LogP contribution is 2.51. The summed E-state index contributed by atoms with van der Waals surface area (Å²) < 4.78 is 58.4. The number of amidine groups is 1. The van der Waals surface area contributed by atoms with Crippen molar-refractivity contribution in [3.63, 3.8) is 0 Å². The summed E-state index contributed by atoms with van der Waals surface area (Å²) in [5, 5.41) is 0.154. The molecule has 8 heteroatoms. The molecule has 3 unspecified atom stereocenters. The predicted octanol–water partition coefficient (Wildman–Crippen LogP) is 2.66. The van der Waals surface area contributed by atoms with Crippen LogP contribution in [0.25, 0.3) is 0 Å². The van der Waals surface area contributed by atoms with E-state index in [4.69, 9.17) is 10.5 Å². The van der Waals surface area contributed by atoms with E-state index < -0.39 is 29.6 Å². The molecule has 3 nitrogen and oxygen atoms in total. The Balaban J connectivity index is 2.13. The Kier molecular flexibility index (Phi) is 3.40. The molecule has 0 amide bonds. The van der Waals surface area contributed by atoms with Gasteiger partial charge in [0.05, 0.1) is 6.61 Å². The summed E-state index contributed by atoms with van der Waals surface area (Å²) in [5.74, 6) is -1.50. The molecule has 0 aliphatic carbocycles. The Labute approximate surface area is 122 Å². The van der Waals surface area contributed by atoms with Gasteiger partial charge in [-0.25, -0.2) is 9.38 Å². The van der Waals surface area contributed by atoms with Gasteiger partial charge in [-0.05, 0) is 6.07 Å². The van der Waals surface area contributed by atoms with Gasteiger partial charge in [0.2, 0.25) is 0 Å². The molecule has 1 aromatic carbocycles. The molecule has 0 aromatic heterocycles. The first kappa shape index (κ1) is 14.6. The normalized spacial score (nSPS) is 32.7. The number of rotatable bonds is 1.